The van der Waals surface area contributed by atoms with Gasteiger partial charge < -0.3 is 15.8 Å². The molecule has 0 bridgehead atoms. The van der Waals surface area contributed by atoms with Gasteiger partial charge in [0.2, 0.25) is 0 Å². The van der Waals surface area contributed by atoms with Crippen molar-refractivity contribution in [3.8, 4) is 5.75 Å². The second-order valence-electron chi connectivity index (χ2n) is 4.03. The summed E-state index contributed by atoms with van der Waals surface area (Å²) in [7, 11) is 1.85. The average Bonchev–Trinajstić information content (AvgIpc) is 2.33. The third kappa shape index (κ3) is 4.77. The lowest BCUT2D eigenvalue weighted by Gasteiger charge is -2.17. The van der Waals surface area contributed by atoms with Crippen molar-refractivity contribution in [1.29, 1.82) is 0 Å². The highest BCUT2D eigenvalue weighted by molar-refractivity contribution is 9.11. The van der Waals surface area contributed by atoms with Crippen LogP contribution in [0.5, 0.6) is 5.75 Å². The van der Waals surface area contributed by atoms with Crippen LogP contribution >= 0.6 is 31.9 Å². The number of halogens is 2. The summed E-state index contributed by atoms with van der Waals surface area (Å²) in [5.41, 5.74) is 5.93. The lowest BCUT2D eigenvalue weighted by atomic mass is 10.2. The van der Waals surface area contributed by atoms with Gasteiger partial charge in [-0.2, -0.15) is 0 Å². The fourth-order valence-electron chi connectivity index (χ4n) is 1.48. The average molecular weight is 409 g/mol. The molecule has 3 amide bonds. The van der Waals surface area contributed by atoms with Gasteiger partial charge in [0.05, 0.1) is 8.95 Å². The first-order valence-corrected chi connectivity index (χ1v) is 7.33. The van der Waals surface area contributed by atoms with Crippen molar-refractivity contribution in [2.45, 2.75) is 19.6 Å². The first-order chi connectivity index (χ1) is 9.35. The molecule has 0 saturated heterocycles. The van der Waals surface area contributed by atoms with Gasteiger partial charge in [0.25, 0.3) is 5.91 Å². The van der Waals surface area contributed by atoms with Gasteiger partial charge in [0.1, 0.15) is 5.75 Å². The van der Waals surface area contributed by atoms with Crippen LogP contribution in [0.1, 0.15) is 12.5 Å². The highest BCUT2D eigenvalue weighted by Crippen LogP contribution is 2.35. The molecule has 0 aromatic heterocycles. The normalized spacial score (nSPS) is 11.8. The maximum Gasteiger partial charge on any atom is 0.318 e. The van der Waals surface area contributed by atoms with Gasteiger partial charge in [0, 0.05) is 6.54 Å². The topological polar surface area (TPSA) is 93.4 Å². The summed E-state index contributed by atoms with van der Waals surface area (Å²) >= 11 is 6.78. The van der Waals surface area contributed by atoms with Crippen molar-refractivity contribution in [2.24, 2.45) is 5.73 Å². The zero-order valence-corrected chi connectivity index (χ0v) is 14.2. The Bertz CT molecular complexity index is 500. The van der Waals surface area contributed by atoms with E-state index in [1.165, 1.54) is 6.92 Å². The van der Waals surface area contributed by atoms with Crippen LogP contribution in [0, 0.1) is 0 Å². The van der Waals surface area contributed by atoms with Crippen molar-refractivity contribution in [1.82, 2.24) is 10.6 Å². The van der Waals surface area contributed by atoms with Crippen LogP contribution in [-0.4, -0.2) is 25.1 Å². The quantitative estimate of drug-likeness (QED) is 0.693. The first-order valence-electron chi connectivity index (χ1n) is 5.74. The van der Waals surface area contributed by atoms with E-state index in [1.807, 2.05) is 24.5 Å². The van der Waals surface area contributed by atoms with Crippen LogP contribution in [-0.2, 0) is 11.3 Å². The molecule has 1 rings (SSSR count). The molecule has 110 valence electrons. The Morgan fingerprint density at radius 1 is 1.35 bits per heavy atom. The van der Waals surface area contributed by atoms with Gasteiger partial charge in [-0.3, -0.25) is 10.1 Å². The SMILES string of the molecule is CNCc1cc(Br)c(OC(C)C(=O)NC(N)=O)c(Br)c1. The predicted octanol–water partition coefficient (Wildman–Crippen LogP) is 1.89. The number of amides is 3. The minimum atomic E-state index is -0.909. The number of urea groups is 1. The number of carbonyl (C=O) groups is 2. The molecular formula is C12H15Br2N3O3. The molecule has 0 saturated carbocycles. The van der Waals surface area contributed by atoms with E-state index in [2.05, 4.69) is 37.2 Å². The number of rotatable bonds is 5. The highest BCUT2D eigenvalue weighted by Gasteiger charge is 2.19. The van der Waals surface area contributed by atoms with Crippen molar-refractivity contribution < 1.29 is 14.3 Å². The van der Waals surface area contributed by atoms with Crippen LogP contribution < -0.4 is 21.1 Å². The molecule has 8 heteroatoms. The molecule has 1 atom stereocenters. The zero-order chi connectivity index (χ0) is 15.3. The number of hydrogen-bond acceptors (Lipinski definition) is 4. The Labute approximate surface area is 133 Å². The van der Waals surface area contributed by atoms with Gasteiger partial charge in [-0.05, 0) is 63.5 Å². The van der Waals surface area contributed by atoms with Crippen molar-refractivity contribution >= 4 is 43.8 Å². The Morgan fingerprint density at radius 2 is 1.90 bits per heavy atom. The van der Waals surface area contributed by atoms with E-state index < -0.39 is 18.0 Å². The number of imide groups is 1. The second-order valence-corrected chi connectivity index (χ2v) is 5.74. The Hall–Kier alpha value is -1.12. The molecule has 0 heterocycles. The van der Waals surface area contributed by atoms with Crippen molar-refractivity contribution in [3.63, 3.8) is 0 Å². The minimum absolute atomic E-state index is 0.483. The van der Waals surface area contributed by atoms with Gasteiger partial charge in [-0.25, -0.2) is 4.79 Å². The van der Waals surface area contributed by atoms with Crippen LogP contribution in [0.25, 0.3) is 0 Å². The summed E-state index contributed by atoms with van der Waals surface area (Å²) in [6, 6.07) is 2.86. The number of nitrogens with one attached hydrogen (secondary N) is 2. The lowest BCUT2D eigenvalue weighted by molar-refractivity contribution is -0.126. The van der Waals surface area contributed by atoms with E-state index in [-0.39, 0.29) is 0 Å². The Balaban J connectivity index is 2.87. The first kappa shape index (κ1) is 16.9. The van der Waals surface area contributed by atoms with E-state index in [0.717, 1.165) is 5.56 Å². The summed E-state index contributed by atoms with van der Waals surface area (Å²) in [6.45, 7) is 2.23. The van der Waals surface area contributed by atoms with E-state index in [0.29, 0.717) is 21.2 Å². The zero-order valence-electron chi connectivity index (χ0n) is 11.0. The molecule has 6 nitrogen and oxygen atoms in total. The molecule has 0 radical (unpaired) electrons. The standard InChI is InChI=1S/C12H15Br2N3O3/c1-6(11(18)17-12(15)19)20-10-8(13)3-7(5-16-2)4-9(10)14/h3-4,6,16H,5H2,1-2H3,(H3,15,17,18,19). The molecule has 0 spiro atoms. The molecule has 0 aliphatic carbocycles. The largest absolute Gasteiger partial charge is 0.479 e. The number of carbonyl (C=O) groups excluding carboxylic acids is 2. The maximum atomic E-state index is 11.6. The van der Waals surface area contributed by atoms with Gasteiger partial charge >= 0.3 is 6.03 Å². The Morgan fingerprint density at radius 3 is 2.35 bits per heavy atom. The number of hydrogen-bond donors (Lipinski definition) is 3. The van der Waals surface area contributed by atoms with Crippen LogP contribution in [0.15, 0.2) is 21.1 Å². The smallest absolute Gasteiger partial charge is 0.318 e. The van der Waals surface area contributed by atoms with Crippen LogP contribution in [0.4, 0.5) is 4.79 Å². The fourth-order valence-corrected chi connectivity index (χ4v) is 2.95. The predicted molar refractivity (Wildman–Crippen MR) is 82.4 cm³/mol. The second kappa shape index (κ2) is 7.61. The lowest BCUT2D eigenvalue weighted by Crippen LogP contribution is -2.42. The maximum absolute atomic E-state index is 11.6. The molecule has 1 aromatic carbocycles. The monoisotopic (exact) mass is 407 g/mol. The summed E-state index contributed by atoms with van der Waals surface area (Å²) in [5.74, 6) is -0.118. The summed E-state index contributed by atoms with van der Waals surface area (Å²) < 4.78 is 6.95. The molecule has 0 fully saturated rings. The summed E-state index contributed by atoms with van der Waals surface area (Å²) in [6.07, 6.45) is -0.856. The molecule has 0 aliphatic heterocycles. The summed E-state index contributed by atoms with van der Waals surface area (Å²) in [5, 5.41) is 5.01. The van der Waals surface area contributed by atoms with Crippen LogP contribution in [0.2, 0.25) is 0 Å². The van der Waals surface area contributed by atoms with Gasteiger partial charge in [-0.1, -0.05) is 0 Å². The molecule has 20 heavy (non-hydrogen) atoms. The third-order valence-electron chi connectivity index (χ3n) is 2.35. The van der Waals surface area contributed by atoms with E-state index in [4.69, 9.17) is 10.5 Å². The number of benzene rings is 1. The van der Waals surface area contributed by atoms with Crippen LogP contribution in [0.3, 0.4) is 0 Å². The molecule has 0 aliphatic rings. The van der Waals surface area contributed by atoms with E-state index in [9.17, 15) is 9.59 Å². The fraction of sp³-hybridized carbons (Fsp3) is 0.333. The molecule has 1 aromatic rings. The van der Waals surface area contributed by atoms with E-state index in [1.54, 1.807) is 0 Å². The van der Waals surface area contributed by atoms with Gasteiger partial charge in [0.15, 0.2) is 6.10 Å². The van der Waals surface area contributed by atoms with Crippen molar-refractivity contribution in [3.05, 3.63) is 26.6 Å². The van der Waals surface area contributed by atoms with E-state index >= 15 is 0 Å². The summed E-state index contributed by atoms with van der Waals surface area (Å²) in [4.78, 5) is 22.2. The highest BCUT2D eigenvalue weighted by atomic mass is 79.9. The number of ether oxygens (including phenoxy) is 1. The molecule has 1 unspecified atom stereocenters. The molecular weight excluding hydrogens is 394 g/mol. The third-order valence-corrected chi connectivity index (χ3v) is 3.53. The Kier molecular flexibility index (Phi) is 6.44. The van der Waals surface area contributed by atoms with Gasteiger partial charge in [-0.15, -0.1) is 0 Å². The van der Waals surface area contributed by atoms with Crippen molar-refractivity contribution in [2.75, 3.05) is 7.05 Å². The number of primary amides is 1. The molecule has 4 N–H and O–H groups in total. The minimum Gasteiger partial charge on any atom is -0.479 e. The number of nitrogens with two attached hydrogens (primary N) is 1.